The van der Waals surface area contributed by atoms with Crippen molar-refractivity contribution in [2.24, 2.45) is 0 Å². The minimum absolute atomic E-state index is 0.215. The van der Waals surface area contributed by atoms with E-state index in [-0.39, 0.29) is 5.88 Å². The zero-order chi connectivity index (χ0) is 10.1. The van der Waals surface area contributed by atoms with E-state index in [1.807, 2.05) is 0 Å². The van der Waals surface area contributed by atoms with Gasteiger partial charge in [0.05, 0.1) is 7.11 Å². The largest absolute Gasteiger partial charge is 0.481 e. The molecule has 0 unspecified atom stereocenters. The summed E-state index contributed by atoms with van der Waals surface area (Å²) in [6.07, 6.45) is -4.54. The molecule has 7 heteroatoms. The van der Waals surface area contributed by atoms with Gasteiger partial charge in [-0.2, -0.15) is 18.2 Å². The van der Waals surface area contributed by atoms with Crippen molar-refractivity contribution in [3.05, 3.63) is 17.0 Å². The summed E-state index contributed by atoms with van der Waals surface area (Å²) in [6, 6.07) is 0.672. The maximum atomic E-state index is 12.1. The van der Waals surface area contributed by atoms with Gasteiger partial charge >= 0.3 is 6.18 Å². The lowest BCUT2D eigenvalue weighted by Crippen LogP contribution is -2.09. The van der Waals surface area contributed by atoms with Crippen LogP contribution in [0.25, 0.3) is 0 Å². The van der Waals surface area contributed by atoms with E-state index in [4.69, 9.17) is 11.6 Å². The summed E-state index contributed by atoms with van der Waals surface area (Å²) in [5.74, 6) is -0.215. The van der Waals surface area contributed by atoms with Crippen LogP contribution in [-0.4, -0.2) is 17.1 Å². The van der Waals surface area contributed by atoms with Gasteiger partial charge < -0.3 is 4.74 Å². The normalized spacial score (nSPS) is 11.5. The second-order valence-corrected chi connectivity index (χ2v) is 2.40. The van der Waals surface area contributed by atoms with Crippen LogP contribution < -0.4 is 4.74 Å². The van der Waals surface area contributed by atoms with Crippen LogP contribution in [0.4, 0.5) is 13.2 Å². The third-order valence-electron chi connectivity index (χ3n) is 1.17. The number of halogens is 4. The second-order valence-electron chi connectivity index (χ2n) is 2.06. The summed E-state index contributed by atoms with van der Waals surface area (Å²) in [5, 5.41) is -0.494. The molecule has 0 atom stereocenters. The molecule has 0 aliphatic rings. The Labute approximate surface area is 76.5 Å². The van der Waals surface area contributed by atoms with Crippen LogP contribution in [0.15, 0.2) is 6.07 Å². The van der Waals surface area contributed by atoms with Crippen molar-refractivity contribution >= 4 is 11.6 Å². The molecule has 1 heterocycles. The molecular formula is C6H4ClF3N2O. The fourth-order valence-electron chi connectivity index (χ4n) is 0.647. The zero-order valence-corrected chi connectivity index (χ0v) is 7.15. The Balaban J connectivity index is 3.16. The van der Waals surface area contributed by atoms with E-state index in [1.54, 1.807) is 0 Å². The summed E-state index contributed by atoms with van der Waals surface area (Å²) >= 11 is 5.23. The highest BCUT2D eigenvalue weighted by atomic mass is 35.5. The Morgan fingerprint density at radius 3 is 2.46 bits per heavy atom. The van der Waals surface area contributed by atoms with Gasteiger partial charge in [0.25, 0.3) is 0 Å². The number of ether oxygens (including phenoxy) is 1. The molecule has 0 saturated heterocycles. The summed E-state index contributed by atoms with van der Waals surface area (Å²) in [4.78, 5) is 6.40. The van der Waals surface area contributed by atoms with Crippen molar-refractivity contribution in [1.29, 1.82) is 0 Å². The Bertz CT molecular complexity index is 315. The van der Waals surface area contributed by atoms with Gasteiger partial charge in [-0.25, -0.2) is 4.98 Å². The van der Waals surface area contributed by atoms with Crippen LogP contribution >= 0.6 is 11.6 Å². The van der Waals surface area contributed by atoms with Gasteiger partial charge in [0.2, 0.25) is 11.2 Å². The molecule has 0 N–H and O–H groups in total. The number of rotatable bonds is 1. The van der Waals surface area contributed by atoms with Crippen molar-refractivity contribution in [2.45, 2.75) is 6.18 Å². The molecule has 0 aliphatic heterocycles. The number of alkyl halides is 3. The molecule has 1 aromatic heterocycles. The van der Waals surface area contributed by atoms with Crippen LogP contribution in [0.2, 0.25) is 5.28 Å². The van der Waals surface area contributed by atoms with Crippen molar-refractivity contribution in [2.75, 3.05) is 7.11 Å². The standard InChI is InChI=1S/C6H4ClF3N2O/c1-13-4-2-3(6(8,9)10)11-5(7)12-4/h2H,1H3. The van der Waals surface area contributed by atoms with Crippen molar-refractivity contribution in [3.63, 3.8) is 0 Å². The summed E-state index contributed by atoms with van der Waals surface area (Å²) in [5.41, 5.74) is -1.12. The zero-order valence-electron chi connectivity index (χ0n) is 6.39. The summed E-state index contributed by atoms with van der Waals surface area (Å²) in [6.45, 7) is 0. The molecule has 13 heavy (non-hydrogen) atoms. The Kier molecular flexibility index (Phi) is 2.60. The monoisotopic (exact) mass is 212 g/mol. The first kappa shape index (κ1) is 10.0. The third kappa shape index (κ3) is 2.45. The number of nitrogens with zero attached hydrogens (tertiary/aromatic N) is 2. The Morgan fingerprint density at radius 2 is 2.00 bits per heavy atom. The predicted octanol–water partition coefficient (Wildman–Crippen LogP) is 2.16. The van der Waals surface area contributed by atoms with Gasteiger partial charge in [-0.05, 0) is 11.6 Å². The fraction of sp³-hybridized carbons (Fsp3) is 0.333. The van der Waals surface area contributed by atoms with Gasteiger partial charge in [0.1, 0.15) is 0 Å². The molecule has 0 aromatic carbocycles. The molecule has 0 aliphatic carbocycles. The lowest BCUT2D eigenvalue weighted by atomic mass is 10.4. The molecule has 3 nitrogen and oxygen atoms in total. The van der Waals surface area contributed by atoms with Gasteiger partial charge in [0, 0.05) is 6.07 Å². The number of aromatic nitrogens is 2. The van der Waals surface area contributed by atoms with Gasteiger partial charge in [-0.1, -0.05) is 0 Å². The van der Waals surface area contributed by atoms with Gasteiger partial charge in [0.15, 0.2) is 5.69 Å². The highest BCUT2D eigenvalue weighted by molar-refractivity contribution is 6.28. The van der Waals surface area contributed by atoms with Crippen LogP contribution in [0, 0.1) is 0 Å². The van der Waals surface area contributed by atoms with E-state index in [0.717, 1.165) is 0 Å². The first-order valence-electron chi connectivity index (χ1n) is 3.09. The van der Waals surface area contributed by atoms with E-state index in [9.17, 15) is 13.2 Å². The molecule has 0 saturated carbocycles. The lowest BCUT2D eigenvalue weighted by Gasteiger charge is -2.06. The molecule has 0 radical (unpaired) electrons. The average Bonchev–Trinajstić information content (AvgIpc) is 2.01. The molecule has 72 valence electrons. The fourth-order valence-corrected chi connectivity index (χ4v) is 0.821. The Hall–Kier alpha value is -1.04. The molecule has 0 fully saturated rings. The first-order chi connectivity index (χ1) is 5.93. The molecule has 0 spiro atoms. The second kappa shape index (κ2) is 3.37. The van der Waals surface area contributed by atoms with E-state index >= 15 is 0 Å². The number of methoxy groups -OCH3 is 1. The summed E-state index contributed by atoms with van der Waals surface area (Å²) in [7, 11) is 1.19. The average molecular weight is 213 g/mol. The lowest BCUT2D eigenvalue weighted by molar-refractivity contribution is -0.141. The number of hydrogen-bond acceptors (Lipinski definition) is 3. The first-order valence-corrected chi connectivity index (χ1v) is 3.47. The molecule has 1 rings (SSSR count). The van der Waals surface area contributed by atoms with E-state index < -0.39 is 17.2 Å². The third-order valence-corrected chi connectivity index (χ3v) is 1.34. The minimum Gasteiger partial charge on any atom is -0.481 e. The van der Waals surface area contributed by atoms with Gasteiger partial charge in [-0.3, -0.25) is 0 Å². The van der Waals surface area contributed by atoms with Crippen molar-refractivity contribution in [1.82, 2.24) is 9.97 Å². The van der Waals surface area contributed by atoms with Crippen LogP contribution in [-0.2, 0) is 6.18 Å². The highest BCUT2D eigenvalue weighted by Crippen LogP contribution is 2.29. The van der Waals surface area contributed by atoms with Crippen LogP contribution in [0.5, 0.6) is 5.88 Å². The van der Waals surface area contributed by atoms with E-state index in [2.05, 4.69) is 14.7 Å². The molecule has 0 bridgehead atoms. The maximum absolute atomic E-state index is 12.1. The topological polar surface area (TPSA) is 35.0 Å². The molecule has 0 amide bonds. The molecule has 1 aromatic rings. The van der Waals surface area contributed by atoms with E-state index in [0.29, 0.717) is 6.07 Å². The maximum Gasteiger partial charge on any atom is 0.433 e. The van der Waals surface area contributed by atoms with Crippen LogP contribution in [0.3, 0.4) is 0 Å². The van der Waals surface area contributed by atoms with Crippen molar-refractivity contribution in [3.8, 4) is 5.88 Å². The SMILES string of the molecule is COc1cc(C(F)(F)F)nc(Cl)n1. The highest BCUT2D eigenvalue weighted by Gasteiger charge is 2.33. The Morgan fingerprint density at radius 1 is 1.38 bits per heavy atom. The number of hydrogen-bond donors (Lipinski definition) is 0. The van der Waals surface area contributed by atoms with E-state index in [1.165, 1.54) is 7.11 Å². The smallest absolute Gasteiger partial charge is 0.433 e. The van der Waals surface area contributed by atoms with Crippen LogP contribution in [0.1, 0.15) is 5.69 Å². The minimum atomic E-state index is -4.54. The quantitative estimate of drug-likeness (QED) is 0.669. The predicted molar refractivity (Wildman–Crippen MR) is 38.6 cm³/mol. The summed E-state index contributed by atoms with van der Waals surface area (Å²) < 4.78 is 40.7. The molecular weight excluding hydrogens is 209 g/mol. The van der Waals surface area contributed by atoms with Crippen molar-refractivity contribution < 1.29 is 17.9 Å². The van der Waals surface area contributed by atoms with Gasteiger partial charge in [-0.15, -0.1) is 0 Å².